The molecular formula is C21H34IN5O3. The molecule has 0 aromatic heterocycles. The summed E-state index contributed by atoms with van der Waals surface area (Å²) in [6, 6.07) is 7.03. The van der Waals surface area contributed by atoms with Crippen molar-refractivity contribution in [3.05, 3.63) is 39.9 Å². The minimum absolute atomic E-state index is 0. The van der Waals surface area contributed by atoms with Crippen molar-refractivity contribution >= 4 is 35.6 Å². The average molecular weight is 531 g/mol. The lowest BCUT2D eigenvalue weighted by Gasteiger charge is -2.33. The number of non-ortho nitro benzene ring substituents is 1. The number of halogens is 1. The number of benzene rings is 1. The molecule has 3 rings (SSSR count). The van der Waals surface area contributed by atoms with Crippen molar-refractivity contribution in [3.8, 4) is 0 Å². The van der Waals surface area contributed by atoms with E-state index >= 15 is 0 Å². The zero-order valence-electron chi connectivity index (χ0n) is 17.7. The van der Waals surface area contributed by atoms with E-state index in [1.807, 2.05) is 0 Å². The van der Waals surface area contributed by atoms with Gasteiger partial charge in [-0.1, -0.05) is 19.1 Å². The van der Waals surface area contributed by atoms with E-state index < -0.39 is 0 Å². The number of hydrogen-bond donors (Lipinski definition) is 2. The van der Waals surface area contributed by atoms with Crippen molar-refractivity contribution in [2.24, 2.45) is 10.9 Å². The highest BCUT2D eigenvalue weighted by Gasteiger charge is 2.21. The van der Waals surface area contributed by atoms with E-state index in [0.717, 1.165) is 63.6 Å². The Morgan fingerprint density at radius 1 is 1.27 bits per heavy atom. The first kappa shape index (κ1) is 24.8. The summed E-state index contributed by atoms with van der Waals surface area (Å²) < 4.78 is 5.47. The number of rotatable bonds is 8. The van der Waals surface area contributed by atoms with Crippen molar-refractivity contribution in [1.82, 2.24) is 15.5 Å². The van der Waals surface area contributed by atoms with Gasteiger partial charge in [0.1, 0.15) is 0 Å². The van der Waals surface area contributed by atoms with Crippen molar-refractivity contribution in [3.63, 3.8) is 0 Å². The third-order valence-electron chi connectivity index (χ3n) is 5.62. The lowest BCUT2D eigenvalue weighted by molar-refractivity contribution is -0.384. The van der Waals surface area contributed by atoms with Gasteiger partial charge < -0.3 is 20.3 Å². The fraction of sp³-hybridized carbons (Fsp3) is 0.667. The van der Waals surface area contributed by atoms with Gasteiger partial charge in [-0.2, -0.15) is 0 Å². The van der Waals surface area contributed by atoms with Gasteiger partial charge in [0.25, 0.3) is 5.69 Å². The monoisotopic (exact) mass is 531 g/mol. The summed E-state index contributed by atoms with van der Waals surface area (Å²) in [7, 11) is 0. The quantitative estimate of drug-likeness (QED) is 0.176. The Labute approximate surface area is 196 Å². The molecule has 1 aromatic carbocycles. The van der Waals surface area contributed by atoms with Crippen molar-refractivity contribution < 1.29 is 9.66 Å². The molecule has 0 spiro atoms. The van der Waals surface area contributed by atoms with E-state index in [1.165, 1.54) is 25.1 Å². The van der Waals surface area contributed by atoms with Crippen LogP contribution in [0.2, 0.25) is 0 Å². The maximum Gasteiger partial charge on any atom is 0.269 e. The Morgan fingerprint density at radius 2 is 2.00 bits per heavy atom. The Kier molecular flexibility index (Phi) is 10.8. The molecule has 0 aliphatic carbocycles. The van der Waals surface area contributed by atoms with Gasteiger partial charge in [0, 0.05) is 50.3 Å². The second-order valence-electron chi connectivity index (χ2n) is 7.96. The summed E-state index contributed by atoms with van der Waals surface area (Å²) in [4.78, 5) is 17.7. The molecule has 168 valence electrons. The number of ether oxygens (including phenoxy) is 1. The molecule has 1 aromatic rings. The summed E-state index contributed by atoms with van der Waals surface area (Å²) in [6.45, 7) is 8.62. The van der Waals surface area contributed by atoms with Gasteiger partial charge in [-0.15, -0.1) is 24.0 Å². The number of nitrogens with one attached hydrogen (secondary N) is 2. The third-order valence-corrected chi connectivity index (χ3v) is 5.62. The molecule has 0 radical (unpaired) electrons. The number of hydrogen-bond acceptors (Lipinski definition) is 5. The predicted molar refractivity (Wildman–Crippen MR) is 129 cm³/mol. The highest BCUT2D eigenvalue weighted by Crippen LogP contribution is 2.14. The van der Waals surface area contributed by atoms with Gasteiger partial charge in [0.15, 0.2) is 5.96 Å². The molecule has 30 heavy (non-hydrogen) atoms. The van der Waals surface area contributed by atoms with Crippen LogP contribution in [0.25, 0.3) is 0 Å². The number of guanidine groups is 1. The van der Waals surface area contributed by atoms with Crippen LogP contribution in [0.3, 0.4) is 0 Å². The standard InChI is InChI=1S/C21H33N5O3.HI/c1-2-10-25-11-7-19(8-12-25)24-21(23-15-18-9-13-29-16-18)22-14-17-3-5-20(6-4-17)26(27)28;/h3-6,18-19H,2,7-16H2,1H3,(H2,22,23,24);1H. The van der Waals surface area contributed by atoms with Crippen LogP contribution in [0.1, 0.15) is 38.2 Å². The molecular weight excluding hydrogens is 497 g/mol. The second-order valence-corrected chi connectivity index (χ2v) is 7.96. The predicted octanol–water partition coefficient (Wildman–Crippen LogP) is 3.16. The zero-order chi connectivity index (χ0) is 20.5. The van der Waals surface area contributed by atoms with E-state index in [2.05, 4.69) is 22.5 Å². The fourth-order valence-electron chi connectivity index (χ4n) is 3.84. The van der Waals surface area contributed by atoms with Crippen LogP contribution < -0.4 is 10.6 Å². The zero-order valence-corrected chi connectivity index (χ0v) is 20.0. The van der Waals surface area contributed by atoms with Crippen LogP contribution in [0.15, 0.2) is 29.3 Å². The van der Waals surface area contributed by atoms with E-state index in [4.69, 9.17) is 9.73 Å². The SMILES string of the molecule is CCCN1CCC(NC(=NCc2ccc([N+](=O)[O-])cc2)NCC2CCOC2)CC1.I. The fourth-order valence-corrected chi connectivity index (χ4v) is 3.84. The second kappa shape index (κ2) is 13.1. The van der Waals surface area contributed by atoms with E-state index in [0.29, 0.717) is 18.5 Å². The highest BCUT2D eigenvalue weighted by atomic mass is 127. The topological polar surface area (TPSA) is 92.0 Å². The summed E-state index contributed by atoms with van der Waals surface area (Å²) >= 11 is 0. The summed E-state index contributed by atoms with van der Waals surface area (Å²) in [5.41, 5.74) is 1.06. The Bertz CT molecular complexity index is 672. The lowest BCUT2D eigenvalue weighted by atomic mass is 10.1. The molecule has 2 heterocycles. The summed E-state index contributed by atoms with van der Waals surface area (Å²) in [5.74, 6) is 1.34. The van der Waals surface area contributed by atoms with Gasteiger partial charge in [-0.05, 0) is 37.8 Å². The third kappa shape index (κ3) is 7.99. The molecule has 2 saturated heterocycles. The largest absolute Gasteiger partial charge is 0.381 e. The number of nitrogens with zero attached hydrogens (tertiary/aromatic N) is 3. The van der Waals surface area contributed by atoms with Crippen LogP contribution in [0.4, 0.5) is 5.69 Å². The van der Waals surface area contributed by atoms with Gasteiger partial charge in [-0.25, -0.2) is 4.99 Å². The molecule has 9 heteroatoms. The molecule has 1 atom stereocenters. The smallest absolute Gasteiger partial charge is 0.269 e. The first-order chi connectivity index (χ1) is 14.1. The number of piperidine rings is 1. The molecule has 2 fully saturated rings. The van der Waals surface area contributed by atoms with Crippen LogP contribution in [0.5, 0.6) is 0 Å². The van der Waals surface area contributed by atoms with Crippen LogP contribution in [-0.2, 0) is 11.3 Å². The van der Waals surface area contributed by atoms with E-state index in [-0.39, 0.29) is 34.6 Å². The van der Waals surface area contributed by atoms with Gasteiger partial charge >= 0.3 is 0 Å². The molecule has 0 bridgehead atoms. The maximum atomic E-state index is 10.8. The number of likely N-dealkylation sites (tertiary alicyclic amines) is 1. The number of aliphatic imine (C=N–C) groups is 1. The molecule has 0 saturated carbocycles. The molecule has 1 unspecified atom stereocenters. The van der Waals surface area contributed by atoms with Crippen molar-refractivity contribution in [1.29, 1.82) is 0 Å². The normalized spacial score (nSPS) is 20.6. The van der Waals surface area contributed by atoms with E-state index in [9.17, 15) is 10.1 Å². The van der Waals surface area contributed by atoms with Crippen molar-refractivity contribution in [2.45, 2.75) is 45.2 Å². The minimum atomic E-state index is -0.379. The minimum Gasteiger partial charge on any atom is -0.381 e. The van der Waals surface area contributed by atoms with E-state index in [1.54, 1.807) is 12.1 Å². The lowest BCUT2D eigenvalue weighted by Crippen LogP contribution is -2.49. The summed E-state index contributed by atoms with van der Waals surface area (Å²) in [5, 5.41) is 17.9. The van der Waals surface area contributed by atoms with Crippen molar-refractivity contribution in [2.75, 3.05) is 39.4 Å². The molecule has 2 N–H and O–H groups in total. The molecule has 0 amide bonds. The molecule has 8 nitrogen and oxygen atoms in total. The molecule has 2 aliphatic heterocycles. The maximum absolute atomic E-state index is 10.8. The average Bonchev–Trinajstić information content (AvgIpc) is 3.25. The first-order valence-electron chi connectivity index (χ1n) is 10.7. The number of nitro benzene ring substituents is 1. The highest BCUT2D eigenvalue weighted by molar-refractivity contribution is 14.0. The first-order valence-corrected chi connectivity index (χ1v) is 10.7. The van der Waals surface area contributed by atoms with Gasteiger partial charge in [0.05, 0.1) is 18.1 Å². The molecule has 2 aliphatic rings. The number of nitro groups is 1. The Morgan fingerprint density at radius 3 is 2.60 bits per heavy atom. The van der Waals surface area contributed by atoms with Crippen LogP contribution in [-0.4, -0.2) is 61.2 Å². The van der Waals surface area contributed by atoms with Gasteiger partial charge in [0.2, 0.25) is 0 Å². The Balaban J connectivity index is 0.00000320. The van der Waals surface area contributed by atoms with Gasteiger partial charge in [-0.3, -0.25) is 10.1 Å². The Hall–Kier alpha value is -1.46. The van der Waals surface area contributed by atoms with Crippen LogP contribution in [0, 0.1) is 16.0 Å². The van der Waals surface area contributed by atoms with Crippen LogP contribution >= 0.6 is 24.0 Å². The summed E-state index contributed by atoms with van der Waals surface area (Å²) in [6.07, 6.45) is 4.51.